The zero-order valence-corrected chi connectivity index (χ0v) is 14.8. The van der Waals surface area contributed by atoms with Crippen molar-refractivity contribution in [1.29, 1.82) is 0 Å². The Hall–Kier alpha value is -1.75. The number of phenols is 2. The van der Waals surface area contributed by atoms with E-state index in [0.29, 0.717) is 30.9 Å². The number of hydrogen-bond acceptors (Lipinski definition) is 4. The highest BCUT2D eigenvalue weighted by molar-refractivity contribution is 5.79. The van der Waals surface area contributed by atoms with Gasteiger partial charge in [-0.15, -0.1) is 0 Å². The highest BCUT2D eigenvalue weighted by Crippen LogP contribution is 2.26. The first-order valence-corrected chi connectivity index (χ1v) is 8.91. The van der Waals surface area contributed by atoms with Gasteiger partial charge in [-0.2, -0.15) is 0 Å². The summed E-state index contributed by atoms with van der Waals surface area (Å²) in [6.07, 6.45) is 5.14. The number of benzene rings is 1. The molecule has 0 heterocycles. The lowest BCUT2D eigenvalue weighted by Crippen LogP contribution is -2.35. The number of amides is 1. The third-order valence-corrected chi connectivity index (χ3v) is 4.49. The fourth-order valence-electron chi connectivity index (χ4n) is 2.80. The Labute approximate surface area is 144 Å². The second kappa shape index (κ2) is 10.9. The van der Waals surface area contributed by atoms with Crippen molar-refractivity contribution in [1.82, 2.24) is 5.32 Å². The molecule has 0 saturated heterocycles. The fraction of sp³-hybridized carbons (Fsp3) is 0.632. The highest BCUT2D eigenvalue weighted by atomic mass is 16.3. The molecule has 0 aromatic heterocycles. The molecule has 2 atom stereocenters. The smallest absolute Gasteiger partial charge is 0.223 e. The first-order valence-electron chi connectivity index (χ1n) is 8.91. The van der Waals surface area contributed by atoms with E-state index in [2.05, 4.69) is 19.2 Å². The Kier molecular flexibility index (Phi) is 9.23. The number of rotatable bonds is 11. The topological polar surface area (TPSA) is 89.8 Å². The second-order valence-corrected chi connectivity index (χ2v) is 6.39. The molecular formula is C19H31NO4. The summed E-state index contributed by atoms with van der Waals surface area (Å²) in [5, 5.41) is 31.5. The molecule has 1 aromatic carbocycles. The van der Waals surface area contributed by atoms with Crippen molar-refractivity contribution in [2.45, 2.75) is 52.4 Å². The van der Waals surface area contributed by atoms with Crippen LogP contribution in [0.3, 0.4) is 0 Å². The maximum absolute atomic E-state index is 12.5. The summed E-state index contributed by atoms with van der Waals surface area (Å²) in [6, 6.07) is 4.36. The molecule has 5 nitrogen and oxygen atoms in total. The van der Waals surface area contributed by atoms with Crippen LogP contribution in [0.2, 0.25) is 0 Å². The second-order valence-electron chi connectivity index (χ2n) is 6.39. The maximum atomic E-state index is 12.5. The lowest BCUT2D eigenvalue weighted by Gasteiger charge is -2.20. The van der Waals surface area contributed by atoms with E-state index in [1.807, 2.05) is 0 Å². The van der Waals surface area contributed by atoms with Crippen molar-refractivity contribution < 1.29 is 20.1 Å². The van der Waals surface area contributed by atoms with Gasteiger partial charge >= 0.3 is 0 Å². The summed E-state index contributed by atoms with van der Waals surface area (Å²) in [6.45, 7) is 4.86. The van der Waals surface area contributed by atoms with E-state index in [9.17, 15) is 20.1 Å². The zero-order valence-electron chi connectivity index (χ0n) is 14.8. The van der Waals surface area contributed by atoms with Gasteiger partial charge in [0.1, 0.15) is 11.5 Å². The first kappa shape index (κ1) is 20.3. The van der Waals surface area contributed by atoms with Crippen LogP contribution < -0.4 is 5.32 Å². The molecular weight excluding hydrogens is 306 g/mol. The molecule has 24 heavy (non-hydrogen) atoms. The van der Waals surface area contributed by atoms with Crippen LogP contribution in [0.4, 0.5) is 0 Å². The normalized spacial score (nSPS) is 13.5. The summed E-state index contributed by atoms with van der Waals surface area (Å²) < 4.78 is 0. The van der Waals surface area contributed by atoms with Crippen LogP contribution in [0, 0.1) is 11.8 Å². The van der Waals surface area contributed by atoms with Gasteiger partial charge in [-0.1, -0.05) is 39.2 Å². The third kappa shape index (κ3) is 6.79. The first-order chi connectivity index (χ1) is 11.5. The van der Waals surface area contributed by atoms with E-state index in [0.717, 1.165) is 25.7 Å². The summed E-state index contributed by atoms with van der Waals surface area (Å²) in [5.74, 6) is -0.0485. The number of carbonyl (C=O) groups is 1. The molecule has 0 radical (unpaired) electrons. The summed E-state index contributed by atoms with van der Waals surface area (Å²) in [7, 11) is 0. The average molecular weight is 337 g/mol. The molecule has 0 aliphatic carbocycles. The Balaban J connectivity index is 2.64. The van der Waals surface area contributed by atoms with Crippen molar-refractivity contribution in [3.63, 3.8) is 0 Å². The van der Waals surface area contributed by atoms with Crippen molar-refractivity contribution in [3.8, 4) is 11.5 Å². The standard InChI is InChI=1S/C19H31NO4/c1-3-5-6-14(4-2)13-20-19(24)16(9-10-21)11-15-7-8-17(22)12-18(15)23/h7-8,12,14,16,21-23H,3-6,9-11,13H2,1-2H3,(H,20,24). The predicted molar refractivity (Wildman–Crippen MR) is 95.0 cm³/mol. The molecule has 4 N–H and O–H groups in total. The third-order valence-electron chi connectivity index (χ3n) is 4.49. The number of aliphatic hydroxyl groups is 1. The minimum absolute atomic E-state index is 0.0129. The largest absolute Gasteiger partial charge is 0.508 e. The molecule has 1 aromatic rings. The quantitative estimate of drug-likeness (QED) is 0.500. The molecule has 1 rings (SSSR count). The van der Waals surface area contributed by atoms with Crippen LogP contribution in [0.15, 0.2) is 18.2 Å². The van der Waals surface area contributed by atoms with Crippen LogP contribution in [-0.4, -0.2) is 34.4 Å². The summed E-state index contributed by atoms with van der Waals surface area (Å²) >= 11 is 0. The Morgan fingerprint density at radius 1 is 1.21 bits per heavy atom. The molecule has 0 saturated carbocycles. The Morgan fingerprint density at radius 2 is 1.96 bits per heavy atom. The van der Waals surface area contributed by atoms with Crippen molar-refractivity contribution in [2.24, 2.45) is 11.8 Å². The van der Waals surface area contributed by atoms with Gasteiger partial charge in [0, 0.05) is 25.1 Å². The van der Waals surface area contributed by atoms with Gasteiger partial charge in [0.05, 0.1) is 0 Å². The van der Waals surface area contributed by atoms with Gasteiger partial charge in [0.15, 0.2) is 0 Å². The van der Waals surface area contributed by atoms with Gasteiger partial charge < -0.3 is 20.6 Å². The molecule has 0 bridgehead atoms. The zero-order chi connectivity index (χ0) is 17.9. The number of hydrogen-bond donors (Lipinski definition) is 4. The Bertz CT molecular complexity index is 504. The van der Waals surface area contributed by atoms with E-state index >= 15 is 0 Å². The number of aliphatic hydroxyl groups excluding tert-OH is 1. The van der Waals surface area contributed by atoms with Gasteiger partial charge in [-0.05, 0) is 36.8 Å². The van der Waals surface area contributed by atoms with Crippen LogP contribution >= 0.6 is 0 Å². The molecule has 0 fully saturated rings. The van der Waals surface area contributed by atoms with Crippen LogP contribution in [0.1, 0.15) is 51.5 Å². The molecule has 5 heteroatoms. The molecule has 0 aliphatic rings. The molecule has 0 spiro atoms. The molecule has 0 aliphatic heterocycles. The number of nitrogens with one attached hydrogen (secondary N) is 1. The van der Waals surface area contributed by atoms with Gasteiger partial charge in [-0.3, -0.25) is 4.79 Å². The lowest BCUT2D eigenvalue weighted by atomic mass is 9.94. The molecule has 1 amide bonds. The van der Waals surface area contributed by atoms with E-state index in [4.69, 9.17) is 0 Å². The monoisotopic (exact) mass is 337 g/mol. The summed E-state index contributed by atoms with van der Waals surface area (Å²) in [4.78, 5) is 12.5. The fourth-order valence-corrected chi connectivity index (χ4v) is 2.80. The van der Waals surface area contributed by atoms with Crippen molar-refractivity contribution in [3.05, 3.63) is 23.8 Å². The summed E-state index contributed by atoms with van der Waals surface area (Å²) in [5.41, 5.74) is 0.597. The molecule has 2 unspecified atom stereocenters. The van der Waals surface area contributed by atoms with Crippen LogP contribution in [0.5, 0.6) is 11.5 Å². The van der Waals surface area contributed by atoms with Crippen molar-refractivity contribution in [2.75, 3.05) is 13.2 Å². The van der Waals surface area contributed by atoms with Gasteiger partial charge in [-0.25, -0.2) is 0 Å². The lowest BCUT2D eigenvalue weighted by molar-refractivity contribution is -0.125. The number of carbonyl (C=O) groups excluding carboxylic acids is 1. The highest BCUT2D eigenvalue weighted by Gasteiger charge is 2.21. The number of phenolic OH excluding ortho intramolecular Hbond substituents is 2. The minimum atomic E-state index is -0.394. The van der Waals surface area contributed by atoms with E-state index in [1.54, 1.807) is 6.07 Å². The predicted octanol–water partition coefficient (Wildman–Crippen LogP) is 2.97. The van der Waals surface area contributed by atoms with E-state index < -0.39 is 5.92 Å². The van der Waals surface area contributed by atoms with Crippen LogP contribution in [-0.2, 0) is 11.2 Å². The van der Waals surface area contributed by atoms with E-state index in [1.165, 1.54) is 12.1 Å². The van der Waals surface area contributed by atoms with Crippen LogP contribution in [0.25, 0.3) is 0 Å². The SMILES string of the molecule is CCCCC(CC)CNC(=O)C(CCO)Cc1ccc(O)cc1O. The average Bonchev–Trinajstić information content (AvgIpc) is 2.56. The minimum Gasteiger partial charge on any atom is -0.508 e. The van der Waals surface area contributed by atoms with Crippen molar-refractivity contribution >= 4 is 5.91 Å². The van der Waals surface area contributed by atoms with Gasteiger partial charge in [0.25, 0.3) is 0 Å². The van der Waals surface area contributed by atoms with E-state index in [-0.39, 0.29) is 24.0 Å². The van der Waals surface area contributed by atoms with Gasteiger partial charge in [0.2, 0.25) is 5.91 Å². The number of unbranched alkanes of at least 4 members (excludes halogenated alkanes) is 1. The Morgan fingerprint density at radius 3 is 2.54 bits per heavy atom. The number of aromatic hydroxyl groups is 2. The molecule has 136 valence electrons. The maximum Gasteiger partial charge on any atom is 0.223 e.